The maximum atomic E-state index is 11.9. The standard InChI is InChI=1S/C15H18N4O2/c1-3-4-10-13-9(7-12(21)17-15(13)19-18-10)14-11(20)6-5-8(2)16-14/h5-6,9,20H,3-4,7H2,1-2H3,(H2,17,18,19,21)/t9-/m1/s1. The Morgan fingerprint density at radius 2 is 2.24 bits per heavy atom. The number of hydrogen-bond donors (Lipinski definition) is 3. The number of aromatic hydroxyl groups is 1. The van der Waals surface area contributed by atoms with Crippen molar-refractivity contribution >= 4 is 11.7 Å². The van der Waals surface area contributed by atoms with Crippen molar-refractivity contribution in [1.29, 1.82) is 0 Å². The van der Waals surface area contributed by atoms with Crippen LogP contribution in [-0.4, -0.2) is 26.2 Å². The molecule has 0 saturated carbocycles. The Balaban J connectivity index is 2.13. The van der Waals surface area contributed by atoms with E-state index in [2.05, 4.69) is 27.4 Å². The molecule has 1 aliphatic heterocycles. The van der Waals surface area contributed by atoms with Gasteiger partial charge in [0.1, 0.15) is 5.75 Å². The average molecular weight is 286 g/mol. The molecular formula is C15H18N4O2. The van der Waals surface area contributed by atoms with E-state index in [1.165, 1.54) is 0 Å². The molecule has 0 saturated heterocycles. The van der Waals surface area contributed by atoms with Crippen LogP contribution in [0.3, 0.4) is 0 Å². The van der Waals surface area contributed by atoms with Crippen LogP contribution in [0.15, 0.2) is 12.1 Å². The third kappa shape index (κ3) is 2.37. The van der Waals surface area contributed by atoms with Gasteiger partial charge in [0.05, 0.1) is 5.69 Å². The first-order chi connectivity index (χ1) is 10.1. The molecule has 0 fully saturated rings. The van der Waals surface area contributed by atoms with Gasteiger partial charge in [-0.2, -0.15) is 5.10 Å². The summed E-state index contributed by atoms with van der Waals surface area (Å²) in [7, 11) is 0. The first kappa shape index (κ1) is 13.6. The zero-order valence-electron chi connectivity index (χ0n) is 12.1. The van der Waals surface area contributed by atoms with E-state index in [4.69, 9.17) is 0 Å². The van der Waals surface area contributed by atoms with Crippen molar-refractivity contribution in [2.24, 2.45) is 0 Å². The lowest BCUT2D eigenvalue weighted by atomic mass is 9.87. The zero-order valence-corrected chi connectivity index (χ0v) is 12.1. The van der Waals surface area contributed by atoms with E-state index in [-0.39, 0.29) is 24.0 Å². The quantitative estimate of drug-likeness (QED) is 0.807. The minimum atomic E-state index is -0.256. The lowest BCUT2D eigenvalue weighted by molar-refractivity contribution is -0.116. The highest BCUT2D eigenvalue weighted by atomic mass is 16.3. The zero-order chi connectivity index (χ0) is 15.0. The van der Waals surface area contributed by atoms with Gasteiger partial charge in [0, 0.05) is 29.3 Å². The highest BCUT2D eigenvalue weighted by molar-refractivity contribution is 5.94. The van der Waals surface area contributed by atoms with E-state index >= 15 is 0 Å². The number of nitrogens with zero attached hydrogens (tertiary/aromatic N) is 2. The summed E-state index contributed by atoms with van der Waals surface area (Å²) in [6.45, 7) is 3.96. The van der Waals surface area contributed by atoms with Gasteiger partial charge in [-0.1, -0.05) is 13.3 Å². The number of aromatic nitrogens is 3. The number of aryl methyl sites for hydroxylation is 2. The Bertz CT molecular complexity index is 693. The highest BCUT2D eigenvalue weighted by Gasteiger charge is 2.33. The summed E-state index contributed by atoms with van der Waals surface area (Å²) in [4.78, 5) is 16.3. The monoisotopic (exact) mass is 286 g/mol. The molecule has 1 amide bonds. The molecule has 6 heteroatoms. The highest BCUT2D eigenvalue weighted by Crippen LogP contribution is 2.40. The van der Waals surface area contributed by atoms with Crippen molar-refractivity contribution < 1.29 is 9.90 Å². The molecule has 3 heterocycles. The minimum absolute atomic E-state index is 0.107. The molecule has 0 spiro atoms. The lowest BCUT2D eigenvalue weighted by Crippen LogP contribution is -2.24. The van der Waals surface area contributed by atoms with Crippen LogP contribution in [0.25, 0.3) is 0 Å². The summed E-state index contributed by atoms with van der Waals surface area (Å²) in [5, 5.41) is 20.1. The number of amides is 1. The number of H-pyrrole nitrogens is 1. The number of carbonyl (C=O) groups is 1. The molecule has 1 aliphatic rings. The molecule has 21 heavy (non-hydrogen) atoms. The molecule has 6 nitrogen and oxygen atoms in total. The van der Waals surface area contributed by atoms with Gasteiger partial charge in [-0.3, -0.25) is 14.9 Å². The van der Waals surface area contributed by atoms with Crippen LogP contribution in [0.4, 0.5) is 5.82 Å². The Hall–Kier alpha value is -2.37. The second-order valence-electron chi connectivity index (χ2n) is 5.38. The fraction of sp³-hybridized carbons (Fsp3) is 0.400. The summed E-state index contributed by atoms with van der Waals surface area (Å²) in [6, 6.07) is 3.38. The van der Waals surface area contributed by atoms with Crippen LogP contribution < -0.4 is 5.32 Å². The van der Waals surface area contributed by atoms with Crippen molar-refractivity contribution in [2.45, 2.75) is 39.0 Å². The van der Waals surface area contributed by atoms with E-state index in [1.807, 2.05) is 6.92 Å². The third-order valence-corrected chi connectivity index (χ3v) is 3.75. The van der Waals surface area contributed by atoms with Crippen LogP contribution in [0.2, 0.25) is 0 Å². The van der Waals surface area contributed by atoms with Crippen molar-refractivity contribution in [3.8, 4) is 5.75 Å². The first-order valence-corrected chi connectivity index (χ1v) is 7.13. The van der Waals surface area contributed by atoms with Gasteiger partial charge in [0.15, 0.2) is 5.82 Å². The smallest absolute Gasteiger partial charge is 0.226 e. The molecule has 0 bridgehead atoms. The maximum absolute atomic E-state index is 11.9. The second-order valence-corrected chi connectivity index (χ2v) is 5.38. The number of aromatic amines is 1. The van der Waals surface area contributed by atoms with Crippen molar-refractivity contribution in [3.63, 3.8) is 0 Å². The van der Waals surface area contributed by atoms with Crippen LogP contribution in [0.5, 0.6) is 5.75 Å². The van der Waals surface area contributed by atoms with Crippen molar-refractivity contribution in [2.75, 3.05) is 5.32 Å². The van der Waals surface area contributed by atoms with Crippen molar-refractivity contribution in [3.05, 3.63) is 34.8 Å². The lowest BCUT2D eigenvalue weighted by Gasteiger charge is -2.23. The van der Waals surface area contributed by atoms with E-state index in [0.717, 1.165) is 29.8 Å². The number of anilines is 1. The van der Waals surface area contributed by atoms with Crippen LogP contribution in [-0.2, 0) is 11.2 Å². The largest absolute Gasteiger partial charge is 0.506 e. The molecule has 110 valence electrons. The van der Waals surface area contributed by atoms with Gasteiger partial charge in [-0.15, -0.1) is 0 Å². The fourth-order valence-corrected chi connectivity index (χ4v) is 2.83. The topological polar surface area (TPSA) is 90.9 Å². The number of fused-ring (bicyclic) bond motifs is 1. The summed E-state index contributed by atoms with van der Waals surface area (Å²) in [5.74, 6) is 0.316. The first-order valence-electron chi connectivity index (χ1n) is 7.13. The Kier molecular flexibility index (Phi) is 3.37. The number of hydrogen-bond acceptors (Lipinski definition) is 4. The third-order valence-electron chi connectivity index (χ3n) is 3.75. The summed E-state index contributed by atoms with van der Waals surface area (Å²) in [5.41, 5.74) is 3.31. The molecule has 0 radical (unpaired) electrons. The number of rotatable bonds is 3. The molecule has 2 aromatic rings. The van der Waals surface area contributed by atoms with Gasteiger partial charge in [-0.05, 0) is 25.5 Å². The Labute approximate surface area is 122 Å². The van der Waals surface area contributed by atoms with Gasteiger partial charge in [0.25, 0.3) is 0 Å². The van der Waals surface area contributed by atoms with E-state index < -0.39 is 0 Å². The fourth-order valence-electron chi connectivity index (χ4n) is 2.83. The molecule has 3 rings (SSSR count). The maximum Gasteiger partial charge on any atom is 0.226 e. The number of nitrogens with one attached hydrogen (secondary N) is 2. The van der Waals surface area contributed by atoms with Crippen LogP contribution >= 0.6 is 0 Å². The van der Waals surface area contributed by atoms with Gasteiger partial charge >= 0.3 is 0 Å². The van der Waals surface area contributed by atoms with Crippen molar-refractivity contribution in [1.82, 2.24) is 15.2 Å². The van der Waals surface area contributed by atoms with Gasteiger partial charge in [0.2, 0.25) is 5.91 Å². The molecule has 2 aromatic heterocycles. The molecule has 0 aromatic carbocycles. The minimum Gasteiger partial charge on any atom is -0.506 e. The molecule has 0 aliphatic carbocycles. The van der Waals surface area contributed by atoms with Gasteiger partial charge < -0.3 is 10.4 Å². The molecule has 0 unspecified atom stereocenters. The molecular weight excluding hydrogens is 268 g/mol. The van der Waals surface area contributed by atoms with E-state index in [9.17, 15) is 9.90 Å². The number of carbonyl (C=O) groups excluding carboxylic acids is 1. The average Bonchev–Trinajstić information content (AvgIpc) is 2.84. The summed E-state index contributed by atoms with van der Waals surface area (Å²) < 4.78 is 0. The second kappa shape index (κ2) is 5.20. The van der Waals surface area contributed by atoms with Crippen LogP contribution in [0.1, 0.15) is 48.3 Å². The Morgan fingerprint density at radius 3 is 3.00 bits per heavy atom. The van der Waals surface area contributed by atoms with Gasteiger partial charge in [-0.25, -0.2) is 0 Å². The predicted molar refractivity (Wildman–Crippen MR) is 78.3 cm³/mol. The summed E-state index contributed by atoms with van der Waals surface area (Å²) >= 11 is 0. The summed E-state index contributed by atoms with van der Waals surface area (Å²) in [6.07, 6.45) is 2.09. The van der Waals surface area contributed by atoms with Crippen LogP contribution in [0, 0.1) is 6.92 Å². The predicted octanol–water partition coefficient (Wildman–Crippen LogP) is 2.25. The molecule has 1 atom stereocenters. The van der Waals surface area contributed by atoms with E-state index in [1.54, 1.807) is 12.1 Å². The normalized spacial score (nSPS) is 17.4. The molecule has 3 N–H and O–H groups in total. The SMILES string of the molecule is CCCc1[nH]nc2c1[C@H](c1nc(C)ccc1O)CC(=O)N2. The Morgan fingerprint density at radius 1 is 1.43 bits per heavy atom. The number of pyridine rings is 1. The van der Waals surface area contributed by atoms with E-state index in [0.29, 0.717) is 11.5 Å².